The lowest BCUT2D eigenvalue weighted by atomic mass is 10.1. The van der Waals surface area contributed by atoms with Crippen LogP contribution in [0.1, 0.15) is 20.8 Å². The Bertz CT molecular complexity index is 112. The minimum atomic E-state index is -0.360. The molecule has 1 atom stereocenters. The van der Waals surface area contributed by atoms with Gasteiger partial charge in [0.25, 0.3) is 0 Å². The molecule has 0 aliphatic rings. The van der Waals surface area contributed by atoms with Crippen LogP contribution in [0.25, 0.3) is 0 Å². The molecule has 0 rings (SSSR count). The number of nitrogens with one attached hydrogen (secondary N) is 1. The van der Waals surface area contributed by atoms with Gasteiger partial charge in [0.2, 0.25) is 0 Å². The first-order valence-electron chi connectivity index (χ1n) is 3.42. The van der Waals surface area contributed by atoms with Crippen LogP contribution in [-0.4, -0.2) is 19.2 Å². The summed E-state index contributed by atoms with van der Waals surface area (Å²) in [6, 6.07) is 0.174. The highest BCUT2D eigenvalue weighted by molar-refractivity contribution is 5.67. The molecule has 3 heteroatoms. The molecule has 0 saturated carbocycles. The highest BCUT2D eigenvalue weighted by atomic mass is 16.5. The Hall–Kier alpha value is -0.730. The summed E-state index contributed by atoms with van der Waals surface area (Å²) >= 11 is 0. The molecule has 0 spiro atoms. The van der Waals surface area contributed by atoms with E-state index in [0.717, 1.165) is 0 Å². The number of hydrogen-bond donors (Lipinski definition) is 1. The molecule has 0 bridgehead atoms. The quantitative estimate of drug-likeness (QED) is 0.637. The van der Waals surface area contributed by atoms with Crippen molar-refractivity contribution in [3.05, 3.63) is 0 Å². The Balaban J connectivity index is 3.57. The molecule has 0 fully saturated rings. The average molecular weight is 145 g/mol. The van der Waals surface area contributed by atoms with Crippen LogP contribution in [0.3, 0.4) is 0 Å². The van der Waals surface area contributed by atoms with Crippen molar-refractivity contribution in [1.29, 1.82) is 0 Å². The van der Waals surface area contributed by atoms with Gasteiger partial charge in [-0.25, -0.2) is 4.79 Å². The molecule has 0 aliphatic carbocycles. The highest BCUT2D eigenvalue weighted by Gasteiger charge is 2.09. The third-order valence-electron chi connectivity index (χ3n) is 1.53. The summed E-state index contributed by atoms with van der Waals surface area (Å²) in [5, 5.41) is 2.67. The molecule has 1 amide bonds. The van der Waals surface area contributed by atoms with E-state index in [1.54, 1.807) is 0 Å². The summed E-state index contributed by atoms with van der Waals surface area (Å²) < 4.78 is 4.42. The normalized spacial score (nSPS) is 12.9. The molecule has 0 aromatic rings. The lowest BCUT2D eigenvalue weighted by molar-refractivity contribution is 0.164. The van der Waals surface area contributed by atoms with Crippen molar-refractivity contribution >= 4 is 6.09 Å². The van der Waals surface area contributed by atoms with E-state index < -0.39 is 0 Å². The number of carbonyl (C=O) groups excluding carboxylic acids is 1. The van der Waals surface area contributed by atoms with Gasteiger partial charge in [0.05, 0.1) is 7.11 Å². The Morgan fingerprint density at radius 3 is 2.20 bits per heavy atom. The molecule has 0 radical (unpaired) electrons. The topological polar surface area (TPSA) is 38.3 Å². The molecular formula is C7H15NO2. The monoisotopic (exact) mass is 145 g/mol. The molecule has 1 N–H and O–H groups in total. The maximum absolute atomic E-state index is 10.6. The van der Waals surface area contributed by atoms with Crippen LogP contribution in [0.4, 0.5) is 4.79 Å². The Labute approximate surface area is 61.8 Å². The Kier molecular flexibility index (Phi) is 3.84. The second-order valence-electron chi connectivity index (χ2n) is 2.67. The van der Waals surface area contributed by atoms with E-state index in [4.69, 9.17) is 0 Å². The van der Waals surface area contributed by atoms with Crippen molar-refractivity contribution in [2.75, 3.05) is 7.11 Å². The van der Waals surface area contributed by atoms with Crippen LogP contribution in [0.15, 0.2) is 0 Å². The first kappa shape index (κ1) is 9.27. The van der Waals surface area contributed by atoms with Gasteiger partial charge in [-0.05, 0) is 12.8 Å². The van der Waals surface area contributed by atoms with Crippen LogP contribution in [0.2, 0.25) is 0 Å². The van der Waals surface area contributed by atoms with Crippen molar-refractivity contribution in [3.63, 3.8) is 0 Å². The molecule has 60 valence electrons. The third-order valence-corrected chi connectivity index (χ3v) is 1.53. The van der Waals surface area contributed by atoms with Gasteiger partial charge in [-0.3, -0.25) is 0 Å². The number of amides is 1. The summed E-state index contributed by atoms with van der Waals surface area (Å²) in [5.74, 6) is 0.444. The van der Waals surface area contributed by atoms with Crippen LogP contribution >= 0.6 is 0 Å². The van der Waals surface area contributed by atoms with Gasteiger partial charge in [-0.1, -0.05) is 13.8 Å². The fourth-order valence-electron chi connectivity index (χ4n) is 0.411. The van der Waals surface area contributed by atoms with Crippen molar-refractivity contribution < 1.29 is 9.53 Å². The fourth-order valence-corrected chi connectivity index (χ4v) is 0.411. The molecule has 3 nitrogen and oxygen atoms in total. The van der Waals surface area contributed by atoms with E-state index in [1.165, 1.54) is 7.11 Å². The molecule has 0 unspecified atom stereocenters. The van der Waals surface area contributed by atoms with Crippen molar-refractivity contribution in [2.24, 2.45) is 5.92 Å². The van der Waals surface area contributed by atoms with Crippen molar-refractivity contribution in [1.82, 2.24) is 5.32 Å². The predicted molar refractivity (Wildman–Crippen MR) is 39.8 cm³/mol. The zero-order chi connectivity index (χ0) is 8.15. The van der Waals surface area contributed by atoms with Crippen LogP contribution < -0.4 is 5.32 Å². The second-order valence-corrected chi connectivity index (χ2v) is 2.67. The summed E-state index contributed by atoms with van der Waals surface area (Å²) in [6.07, 6.45) is -0.360. The first-order valence-corrected chi connectivity index (χ1v) is 3.42. The molecule has 0 aromatic carbocycles. The summed E-state index contributed by atoms with van der Waals surface area (Å²) in [6.45, 7) is 6.03. The number of rotatable bonds is 2. The minimum Gasteiger partial charge on any atom is -0.453 e. The first-order chi connectivity index (χ1) is 4.57. The molecule has 0 heterocycles. The molecular weight excluding hydrogens is 130 g/mol. The van der Waals surface area contributed by atoms with Gasteiger partial charge in [-0.2, -0.15) is 0 Å². The van der Waals surface area contributed by atoms with Gasteiger partial charge in [-0.15, -0.1) is 0 Å². The van der Waals surface area contributed by atoms with Gasteiger partial charge in [0.1, 0.15) is 0 Å². The van der Waals surface area contributed by atoms with Crippen molar-refractivity contribution in [3.8, 4) is 0 Å². The largest absolute Gasteiger partial charge is 0.453 e. The lowest BCUT2D eigenvalue weighted by Crippen LogP contribution is -2.35. The molecule has 0 saturated heterocycles. The van der Waals surface area contributed by atoms with Crippen LogP contribution in [0, 0.1) is 5.92 Å². The number of alkyl carbamates (subject to hydrolysis) is 1. The van der Waals surface area contributed by atoms with E-state index in [9.17, 15) is 4.79 Å². The Morgan fingerprint density at radius 2 is 1.90 bits per heavy atom. The van der Waals surface area contributed by atoms with Crippen LogP contribution in [-0.2, 0) is 4.74 Å². The molecule has 0 aliphatic heterocycles. The van der Waals surface area contributed by atoms with Gasteiger partial charge in [0, 0.05) is 6.04 Å². The standard InChI is InChI=1S/C7H15NO2/c1-5(2)6(3)8-7(9)10-4/h5-6H,1-4H3,(H,8,9)/t6-/m1/s1. The maximum atomic E-state index is 10.6. The SMILES string of the molecule is COC(=O)N[C@H](C)C(C)C. The lowest BCUT2D eigenvalue weighted by Gasteiger charge is -2.15. The van der Waals surface area contributed by atoms with E-state index in [2.05, 4.69) is 10.1 Å². The number of methoxy groups -OCH3 is 1. The van der Waals surface area contributed by atoms with Crippen molar-refractivity contribution in [2.45, 2.75) is 26.8 Å². The van der Waals surface area contributed by atoms with E-state index in [0.29, 0.717) is 5.92 Å². The summed E-state index contributed by atoms with van der Waals surface area (Å²) in [7, 11) is 1.36. The van der Waals surface area contributed by atoms with E-state index in [-0.39, 0.29) is 12.1 Å². The molecule has 0 aromatic heterocycles. The second kappa shape index (κ2) is 4.14. The maximum Gasteiger partial charge on any atom is 0.407 e. The average Bonchev–Trinajstić information content (AvgIpc) is 1.87. The zero-order valence-corrected chi connectivity index (χ0v) is 6.97. The fraction of sp³-hybridized carbons (Fsp3) is 0.857. The number of hydrogen-bond acceptors (Lipinski definition) is 2. The van der Waals surface area contributed by atoms with Gasteiger partial charge >= 0.3 is 6.09 Å². The van der Waals surface area contributed by atoms with Gasteiger partial charge in [0.15, 0.2) is 0 Å². The minimum absolute atomic E-state index is 0.174. The summed E-state index contributed by atoms with van der Waals surface area (Å²) in [5.41, 5.74) is 0. The number of ether oxygens (including phenoxy) is 1. The smallest absolute Gasteiger partial charge is 0.407 e. The van der Waals surface area contributed by atoms with E-state index in [1.807, 2.05) is 20.8 Å². The molecule has 10 heavy (non-hydrogen) atoms. The van der Waals surface area contributed by atoms with Crippen LogP contribution in [0.5, 0.6) is 0 Å². The number of carbonyl (C=O) groups is 1. The van der Waals surface area contributed by atoms with E-state index >= 15 is 0 Å². The zero-order valence-electron chi connectivity index (χ0n) is 6.97. The highest BCUT2D eigenvalue weighted by Crippen LogP contribution is 1.99. The van der Waals surface area contributed by atoms with Gasteiger partial charge < -0.3 is 10.1 Å². The predicted octanol–water partition coefficient (Wildman–Crippen LogP) is 1.39. The third kappa shape index (κ3) is 3.33. The summed E-state index contributed by atoms with van der Waals surface area (Å²) in [4.78, 5) is 10.6. The Morgan fingerprint density at radius 1 is 1.40 bits per heavy atom.